The van der Waals surface area contributed by atoms with Crippen molar-refractivity contribution in [3.63, 3.8) is 0 Å². The molecule has 1 aromatic carbocycles. The highest BCUT2D eigenvalue weighted by atomic mass is 35.5. The van der Waals surface area contributed by atoms with Crippen molar-refractivity contribution in [2.24, 2.45) is 5.73 Å². The monoisotopic (exact) mass is 242 g/mol. The molecule has 0 atom stereocenters. The van der Waals surface area contributed by atoms with E-state index in [9.17, 15) is 0 Å². The van der Waals surface area contributed by atoms with E-state index in [1.165, 1.54) is 0 Å². The van der Waals surface area contributed by atoms with Gasteiger partial charge in [0, 0.05) is 23.7 Å². The number of halogens is 1. The van der Waals surface area contributed by atoms with Crippen molar-refractivity contribution in [1.82, 2.24) is 5.32 Å². The van der Waals surface area contributed by atoms with Crippen molar-refractivity contribution < 1.29 is 4.74 Å². The minimum Gasteiger partial charge on any atom is -0.497 e. The first kappa shape index (κ1) is 13.3. The van der Waals surface area contributed by atoms with E-state index in [1.807, 2.05) is 18.2 Å². The Morgan fingerprint density at radius 1 is 1.44 bits per heavy atom. The lowest BCUT2D eigenvalue weighted by molar-refractivity contribution is 0.396. The largest absolute Gasteiger partial charge is 0.497 e. The fraction of sp³-hybridized carbons (Fsp3) is 0.500. The fourth-order valence-corrected chi connectivity index (χ4v) is 1.44. The summed E-state index contributed by atoms with van der Waals surface area (Å²) >= 11 is 6.13. The zero-order valence-electron chi connectivity index (χ0n) is 10.0. The topological polar surface area (TPSA) is 47.3 Å². The van der Waals surface area contributed by atoms with Crippen LogP contribution < -0.4 is 15.8 Å². The number of hydrogen-bond acceptors (Lipinski definition) is 3. The second-order valence-corrected chi connectivity index (χ2v) is 4.81. The van der Waals surface area contributed by atoms with Crippen LogP contribution in [0.25, 0.3) is 0 Å². The van der Waals surface area contributed by atoms with E-state index in [4.69, 9.17) is 22.1 Å². The van der Waals surface area contributed by atoms with Gasteiger partial charge in [-0.3, -0.25) is 0 Å². The third-order valence-corrected chi connectivity index (χ3v) is 2.88. The molecule has 0 amide bonds. The normalized spacial score (nSPS) is 11.6. The molecule has 0 fully saturated rings. The van der Waals surface area contributed by atoms with Crippen LogP contribution in [-0.2, 0) is 6.54 Å². The Kier molecular flexibility index (Phi) is 4.59. The van der Waals surface area contributed by atoms with Crippen molar-refractivity contribution in [1.29, 1.82) is 0 Å². The molecule has 0 heterocycles. The Labute approximate surface area is 102 Å². The van der Waals surface area contributed by atoms with E-state index in [2.05, 4.69) is 19.2 Å². The molecule has 1 rings (SSSR count). The maximum absolute atomic E-state index is 6.13. The Morgan fingerprint density at radius 3 is 2.62 bits per heavy atom. The minimum atomic E-state index is -0.0801. The van der Waals surface area contributed by atoms with Crippen LogP contribution in [0.3, 0.4) is 0 Å². The quantitative estimate of drug-likeness (QED) is 0.832. The average Bonchev–Trinajstić information content (AvgIpc) is 2.27. The molecule has 0 unspecified atom stereocenters. The predicted octanol–water partition coefficient (Wildman–Crippen LogP) is 2.18. The molecular weight excluding hydrogens is 224 g/mol. The van der Waals surface area contributed by atoms with Gasteiger partial charge in [-0.15, -0.1) is 0 Å². The highest BCUT2D eigenvalue weighted by molar-refractivity contribution is 6.31. The summed E-state index contributed by atoms with van der Waals surface area (Å²) in [5.41, 5.74) is 6.60. The van der Waals surface area contributed by atoms with E-state index in [0.717, 1.165) is 11.3 Å². The fourth-order valence-electron chi connectivity index (χ4n) is 1.21. The lowest BCUT2D eigenvalue weighted by Gasteiger charge is -2.24. The summed E-state index contributed by atoms with van der Waals surface area (Å²) in [6.45, 7) is 5.41. The van der Waals surface area contributed by atoms with Gasteiger partial charge >= 0.3 is 0 Å². The maximum atomic E-state index is 6.13. The first-order valence-corrected chi connectivity index (χ1v) is 5.64. The minimum absolute atomic E-state index is 0.0801. The molecule has 0 aliphatic heterocycles. The van der Waals surface area contributed by atoms with Crippen molar-refractivity contribution in [3.8, 4) is 5.75 Å². The number of hydrogen-bond donors (Lipinski definition) is 2. The van der Waals surface area contributed by atoms with Crippen LogP contribution in [-0.4, -0.2) is 19.2 Å². The van der Waals surface area contributed by atoms with Gasteiger partial charge in [0.25, 0.3) is 0 Å². The van der Waals surface area contributed by atoms with E-state index >= 15 is 0 Å². The first-order valence-electron chi connectivity index (χ1n) is 5.26. The highest BCUT2D eigenvalue weighted by Gasteiger charge is 2.14. The molecule has 0 spiro atoms. The van der Waals surface area contributed by atoms with Gasteiger partial charge < -0.3 is 15.8 Å². The average molecular weight is 243 g/mol. The molecule has 4 heteroatoms. The van der Waals surface area contributed by atoms with Crippen LogP contribution in [0, 0.1) is 0 Å². The predicted molar refractivity (Wildman–Crippen MR) is 68.0 cm³/mol. The molecule has 16 heavy (non-hydrogen) atoms. The number of methoxy groups -OCH3 is 1. The molecule has 0 aliphatic carbocycles. The van der Waals surface area contributed by atoms with Crippen molar-refractivity contribution in [2.75, 3.05) is 13.7 Å². The molecule has 3 nitrogen and oxygen atoms in total. The lowest BCUT2D eigenvalue weighted by Crippen LogP contribution is -2.45. The summed E-state index contributed by atoms with van der Waals surface area (Å²) in [5.74, 6) is 0.770. The van der Waals surface area contributed by atoms with Crippen LogP contribution in [0.2, 0.25) is 5.02 Å². The molecule has 0 aromatic heterocycles. The van der Waals surface area contributed by atoms with Crippen molar-refractivity contribution in [2.45, 2.75) is 25.9 Å². The van der Waals surface area contributed by atoms with Gasteiger partial charge in [0.2, 0.25) is 0 Å². The number of benzene rings is 1. The van der Waals surface area contributed by atoms with Crippen LogP contribution in [0.4, 0.5) is 0 Å². The van der Waals surface area contributed by atoms with Crippen LogP contribution in [0.1, 0.15) is 19.4 Å². The van der Waals surface area contributed by atoms with E-state index in [0.29, 0.717) is 18.1 Å². The van der Waals surface area contributed by atoms with Crippen LogP contribution in [0.5, 0.6) is 5.75 Å². The van der Waals surface area contributed by atoms with Gasteiger partial charge in [-0.05, 0) is 31.5 Å². The first-order chi connectivity index (χ1) is 7.48. The summed E-state index contributed by atoms with van der Waals surface area (Å²) in [6, 6.07) is 5.67. The Morgan fingerprint density at radius 2 is 2.12 bits per heavy atom. The van der Waals surface area contributed by atoms with Gasteiger partial charge in [-0.2, -0.15) is 0 Å². The Balaban J connectivity index is 2.68. The number of nitrogens with two attached hydrogens (primary N) is 1. The van der Waals surface area contributed by atoms with Crippen LogP contribution in [0.15, 0.2) is 18.2 Å². The van der Waals surface area contributed by atoms with Gasteiger partial charge in [0.05, 0.1) is 7.11 Å². The SMILES string of the molecule is COc1ccc(CNC(C)(C)CN)c(Cl)c1. The van der Waals surface area contributed by atoms with E-state index in [-0.39, 0.29) is 5.54 Å². The van der Waals surface area contributed by atoms with Gasteiger partial charge in [-0.25, -0.2) is 0 Å². The smallest absolute Gasteiger partial charge is 0.120 e. The molecule has 0 radical (unpaired) electrons. The van der Waals surface area contributed by atoms with Crippen molar-refractivity contribution >= 4 is 11.6 Å². The molecule has 3 N–H and O–H groups in total. The maximum Gasteiger partial charge on any atom is 0.120 e. The molecule has 1 aromatic rings. The summed E-state index contributed by atoms with van der Waals surface area (Å²) in [4.78, 5) is 0. The third kappa shape index (κ3) is 3.67. The Bertz CT molecular complexity index is 353. The standard InChI is InChI=1S/C12H19ClN2O/c1-12(2,8-14)15-7-9-4-5-10(16-3)6-11(9)13/h4-6,15H,7-8,14H2,1-3H3. The van der Waals surface area contributed by atoms with Gasteiger partial charge in [0.1, 0.15) is 5.75 Å². The summed E-state index contributed by atoms with van der Waals surface area (Å²) in [6.07, 6.45) is 0. The summed E-state index contributed by atoms with van der Waals surface area (Å²) in [5, 5.41) is 4.06. The van der Waals surface area contributed by atoms with Gasteiger partial charge in [-0.1, -0.05) is 17.7 Å². The molecule has 0 bridgehead atoms. The number of rotatable bonds is 5. The summed E-state index contributed by atoms with van der Waals surface area (Å²) < 4.78 is 5.09. The Hall–Kier alpha value is -0.770. The highest BCUT2D eigenvalue weighted by Crippen LogP contribution is 2.22. The summed E-state index contributed by atoms with van der Waals surface area (Å²) in [7, 11) is 1.63. The van der Waals surface area contributed by atoms with Crippen molar-refractivity contribution in [3.05, 3.63) is 28.8 Å². The molecule has 0 saturated carbocycles. The second kappa shape index (κ2) is 5.53. The number of nitrogens with one attached hydrogen (secondary N) is 1. The molecule has 0 aliphatic rings. The zero-order valence-corrected chi connectivity index (χ0v) is 10.8. The van der Waals surface area contributed by atoms with Gasteiger partial charge in [0.15, 0.2) is 0 Å². The zero-order chi connectivity index (χ0) is 12.2. The molecule has 90 valence electrons. The molecular formula is C12H19ClN2O. The molecule has 0 saturated heterocycles. The third-order valence-electron chi connectivity index (χ3n) is 2.53. The van der Waals surface area contributed by atoms with E-state index < -0.39 is 0 Å². The lowest BCUT2D eigenvalue weighted by atomic mass is 10.1. The van der Waals surface area contributed by atoms with E-state index in [1.54, 1.807) is 7.11 Å². The van der Waals surface area contributed by atoms with Crippen LogP contribution >= 0.6 is 11.6 Å². The second-order valence-electron chi connectivity index (χ2n) is 4.40. The number of ether oxygens (including phenoxy) is 1.